The molecule has 0 heterocycles. The van der Waals surface area contributed by atoms with Crippen LogP contribution in [0.25, 0.3) is 11.1 Å². The van der Waals surface area contributed by atoms with E-state index in [1.165, 1.54) is 0 Å². The average Bonchev–Trinajstić information content (AvgIpc) is 2.68. The predicted molar refractivity (Wildman–Crippen MR) is 110 cm³/mol. The van der Waals surface area contributed by atoms with Crippen LogP contribution in [-0.4, -0.2) is 23.0 Å². The first-order valence-electron chi connectivity index (χ1n) is 9.19. The maximum atomic E-state index is 12.5. The summed E-state index contributed by atoms with van der Waals surface area (Å²) in [5, 5.41) is 12.2. The molecule has 0 aliphatic heterocycles. The minimum atomic E-state index is -1.05. The zero-order valence-electron chi connectivity index (χ0n) is 16.0. The molecule has 0 saturated heterocycles. The summed E-state index contributed by atoms with van der Waals surface area (Å²) < 4.78 is 0. The number of hydrogen-bond donors (Lipinski definition) is 2. The number of carbonyl (C=O) groups excluding carboxylic acids is 1. The Balaban J connectivity index is 1.72. The van der Waals surface area contributed by atoms with Crippen molar-refractivity contribution in [2.24, 2.45) is 0 Å². The van der Waals surface area contributed by atoms with E-state index < -0.39 is 12.0 Å². The highest BCUT2D eigenvalue weighted by atomic mass is 16.4. The molecule has 0 saturated carbocycles. The fraction of sp³-hybridized carbons (Fsp3) is 0.167. The number of amides is 1. The lowest BCUT2D eigenvalue weighted by molar-refractivity contribution is -0.139. The summed E-state index contributed by atoms with van der Waals surface area (Å²) in [6, 6.07) is 22.2. The predicted octanol–water partition coefficient (Wildman–Crippen LogP) is 4.40. The van der Waals surface area contributed by atoms with E-state index in [4.69, 9.17) is 0 Å². The van der Waals surface area contributed by atoms with Crippen LogP contribution in [0.2, 0.25) is 0 Å². The highest BCUT2D eigenvalue weighted by Crippen LogP contribution is 2.20. The first-order chi connectivity index (χ1) is 13.4. The summed E-state index contributed by atoms with van der Waals surface area (Å²) in [6.45, 7) is 3.82. The van der Waals surface area contributed by atoms with Gasteiger partial charge in [0.2, 0.25) is 0 Å². The fourth-order valence-corrected chi connectivity index (χ4v) is 3.25. The molecule has 2 N–H and O–H groups in total. The molecule has 0 fully saturated rings. The molecular formula is C24H23NO3. The van der Waals surface area contributed by atoms with Gasteiger partial charge in [0.15, 0.2) is 0 Å². The molecule has 0 aliphatic rings. The van der Waals surface area contributed by atoms with Crippen molar-refractivity contribution in [1.82, 2.24) is 5.32 Å². The average molecular weight is 373 g/mol. The number of carboxylic acids is 1. The second kappa shape index (κ2) is 8.53. The molecule has 28 heavy (non-hydrogen) atoms. The molecule has 0 aliphatic carbocycles. The van der Waals surface area contributed by atoms with Crippen molar-refractivity contribution in [2.45, 2.75) is 26.3 Å². The summed E-state index contributed by atoms with van der Waals surface area (Å²) in [4.78, 5) is 24.2. The Morgan fingerprint density at radius 1 is 0.857 bits per heavy atom. The van der Waals surface area contributed by atoms with Crippen molar-refractivity contribution in [1.29, 1.82) is 0 Å². The Hall–Kier alpha value is -3.40. The van der Waals surface area contributed by atoms with Gasteiger partial charge >= 0.3 is 5.97 Å². The van der Waals surface area contributed by atoms with E-state index in [2.05, 4.69) is 5.32 Å². The van der Waals surface area contributed by atoms with Gasteiger partial charge < -0.3 is 10.4 Å². The first-order valence-corrected chi connectivity index (χ1v) is 9.19. The summed E-state index contributed by atoms with van der Waals surface area (Å²) in [6.07, 6.45) is 0.223. The summed E-state index contributed by atoms with van der Waals surface area (Å²) in [7, 11) is 0. The van der Waals surface area contributed by atoms with E-state index in [1.807, 2.05) is 74.5 Å². The standard InChI is InChI=1S/C24H23NO3/c1-16-12-17(2)14-21(13-16)23(26)25-22(24(27)28)15-18-8-10-20(11-9-18)19-6-4-3-5-7-19/h3-14,22H,15H2,1-2H3,(H,25,26)(H,27,28)/t22-/m0/s1. The highest BCUT2D eigenvalue weighted by molar-refractivity contribution is 5.97. The molecule has 0 unspecified atom stereocenters. The van der Waals surface area contributed by atoms with E-state index in [0.29, 0.717) is 5.56 Å². The molecule has 0 radical (unpaired) electrons. The number of carbonyl (C=O) groups is 2. The van der Waals surface area contributed by atoms with Crippen LogP contribution in [0.4, 0.5) is 0 Å². The van der Waals surface area contributed by atoms with Gasteiger partial charge in [-0.05, 0) is 42.7 Å². The van der Waals surface area contributed by atoms with Crippen molar-refractivity contribution in [2.75, 3.05) is 0 Å². The van der Waals surface area contributed by atoms with E-state index >= 15 is 0 Å². The third-order valence-corrected chi connectivity index (χ3v) is 4.59. The third kappa shape index (κ3) is 4.86. The van der Waals surface area contributed by atoms with E-state index in [1.54, 1.807) is 12.1 Å². The molecule has 0 aromatic heterocycles. The number of nitrogens with one attached hydrogen (secondary N) is 1. The van der Waals surface area contributed by atoms with Crippen LogP contribution in [-0.2, 0) is 11.2 Å². The largest absolute Gasteiger partial charge is 0.480 e. The van der Waals surface area contributed by atoms with E-state index in [0.717, 1.165) is 27.8 Å². The van der Waals surface area contributed by atoms with Crippen LogP contribution in [0.1, 0.15) is 27.0 Å². The molecule has 3 aromatic carbocycles. The SMILES string of the molecule is Cc1cc(C)cc(C(=O)N[C@@H](Cc2ccc(-c3ccccc3)cc2)C(=O)O)c1. The van der Waals surface area contributed by atoms with E-state index in [9.17, 15) is 14.7 Å². The molecule has 0 bridgehead atoms. The van der Waals surface area contributed by atoms with Crippen molar-refractivity contribution in [3.8, 4) is 11.1 Å². The van der Waals surface area contributed by atoms with Crippen LogP contribution < -0.4 is 5.32 Å². The quantitative estimate of drug-likeness (QED) is 0.673. The monoisotopic (exact) mass is 373 g/mol. The maximum absolute atomic E-state index is 12.5. The summed E-state index contributed by atoms with van der Waals surface area (Å²) in [5.41, 5.74) is 5.43. The number of aryl methyl sites for hydroxylation is 2. The lowest BCUT2D eigenvalue weighted by Gasteiger charge is -2.15. The molecule has 1 atom stereocenters. The number of hydrogen-bond acceptors (Lipinski definition) is 2. The van der Waals surface area contributed by atoms with Crippen molar-refractivity contribution in [3.63, 3.8) is 0 Å². The Morgan fingerprint density at radius 3 is 2.00 bits per heavy atom. The van der Waals surface area contributed by atoms with Crippen molar-refractivity contribution >= 4 is 11.9 Å². The molecule has 142 valence electrons. The van der Waals surface area contributed by atoms with Gasteiger partial charge in [-0.3, -0.25) is 4.79 Å². The van der Waals surface area contributed by atoms with Crippen LogP contribution in [0.15, 0.2) is 72.8 Å². The van der Waals surface area contributed by atoms with Crippen LogP contribution in [0.5, 0.6) is 0 Å². The molecule has 0 spiro atoms. The van der Waals surface area contributed by atoms with Crippen molar-refractivity contribution in [3.05, 3.63) is 95.1 Å². The Bertz CT molecular complexity index is 958. The lowest BCUT2D eigenvalue weighted by Crippen LogP contribution is -2.42. The van der Waals surface area contributed by atoms with E-state index in [-0.39, 0.29) is 12.3 Å². The molecule has 3 aromatic rings. The van der Waals surface area contributed by atoms with Gasteiger partial charge in [-0.2, -0.15) is 0 Å². The van der Waals surface area contributed by atoms with Crippen molar-refractivity contribution < 1.29 is 14.7 Å². The molecule has 4 heteroatoms. The van der Waals surface area contributed by atoms with Crippen LogP contribution in [0.3, 0.4) is 0 Å². The zero-order chi connectivity index (χ0) is 20.1. The van der Waals surface area contributed by atoms with Crippen LogP contribution >= 0.6 is 0 Å². The summed E-state index contributed by atoms with van der Waals surface area (Å²) in [5.74, 6) is -1.43. The number of benzene rings is 3. The van der Waals surface area contributed by atoms with Gasteiger partial charge in [-0.15, -0.1) is 0 Å². The van der Waals surface area contributed by atoms with Gasteiger partial charge in [-0.1, -0.05) is 71.8 Å². The maximum Gasteiger partial charge on any atom is 0.326 e. The number of carboxylic acid groups (broad SMARTS) is 1. The summed E-state index contributed by atoms with van der Waals surface area (Å²) >= 11 is 0. The molecule has 1 amide bonds. The topological polar surface area (TPSA) is 66.4 Å². The molecular weight excluding hydrogens is 350 g/mol. The minimum absolute atomic E-state index is 0.223. The highest BCUT2D eigenvalue weighted by Gasteiger charge is 2.21. The zero-order valence-corrected chi connectivity index (χ0v) is 16.0. The molecule has 3 rings (SSSR count). The Kier molecular flexibility index (Phi) is 5.90. The van der Waals surface area contributed by atoms with Gasteiger partial charge in [0.25, 0.3) is 5.91 Å². The Labute approximate surface area is 164 Å². The fourth-order valence-electron chi connectivity index (χ4n) is 3.25. The van der Waals surface area contributed by atoms with Gasteiger partial charge in [0, 0.05) is 12.0 Å². The smallest absolute Gasteiger partial charge is 0.326 e. The second-order valence-corrected chi connectivity index (χ2v) is 7.01. The van der Waals surface area contributed by atoms with Crippen LogP contribution in [0, 0.1) is 13.8 Å². The number of rotatable bonds is 6. The van der Waals surface area contributed by atoms with Gasteiger partial charge in [-0.25, -0.2) is 4.79 Å². The third-order valence-electron chi connectivity index (χ3n) is 4.59. The molecule has 4 nitrogen and oxygen atoms in total. The van der Waals surface area contributed by atoms with Gasteiger partial charge in [0.1, 0.15) is 6.04 Å². The normalized spacial score (nSPS) is 11.6. The second-order valence-electron chi connectivity index (χ2n) is 7.01. The Morgan fingerprint density at radius 2 is 1.43 bits per heavy atom. The lowest BCUT2D eigenvalue weighted by atomic mass is 10.0. The number of aliphatic carboxylic acids is 1. The first kappa shape index (κ1) is 19.4. The van der Waals surface area contributed by atoms with Gasteiger partial charge in [0.05, 0.1) is 0 Å². The minimum Gasteiger partial charge on any atom is -0.480 e.